The number of carbonyl (C=O) groups is 2. The SMILES string of the molecule is CC[C@H](C)[C@H]1CN(c2ncc(Cl)cc2F)C(=O)N1CC(=O)Cc1cc(C2CC2)ccn1. The van der Waals surface area contributed by atoms with Crippen molar-refractivity contribution in [3.63, 3.8) is 0 Å². The Morgan fingerprint density at radius 3 is 2.77 bits per heavy atom. The van der Waals surface area contributed by atoms with Crippen LogP contribution in [-0.4, -0.2) is 45.8 Å². The molecule has 2 aliphatic rings. The lowest BCUT2D eigenvalue weighted by molar-refractivity contribution is -0.119. The molecule has 0 bridgehead atoms. The molecule has 31 heavy (non-hydrogen) atoms. The number of hydrogen-bond donors (Lipinski definition) is 0. The molecule has 3 heterocycles. The zero-order valence-electron chi connectivity index (χ0n) is 17.7. The first-order valence-corrected chi connectivity index (χ1v) is 11.1. The summed E-state index contributed by atoms with van der Waals surface area (Å²) in [5, 5.41) is 0.166. The largest absolute Gasteiger partial charge is 0.326 e. The van der Waals surface area contributed by atoms with Crippen molar-refractivity contribution in [2.24, 2.45) is 5.92 Å². The predicted octanol–water partition coefficient (Wildman–Crippen LogP) is 4.62. The van der Waals surface area contributed by atoms with Crippen LogP contribution >= 0.6 is 11.6 Å². The van der Waals surface area contributed by atoms with Crippen LogP contribution < -0.4 is 4.90 Å². The van der Waals surface area contributed by atoms with Gasteiger partial charge >= 0.3 is 6.03 Å². The van der Waals surface area contributed by atoms with Crippen LogP contribution in [0.2, 0.25) is 5.02 Å². The Morgan fingerprint density at radius 1 is 1.32 bits per heavy atom. The van der Waals surface area contributed by atoms with Crippen LogP contribution in [0.4, 0.5) is 15.0 Å². The van der Waals surface area contributed by atoms with E-state index < -0.39 is 11.8 Å². The maximum absolute atomic E-state index is 14.4. The lowest BCUT2D eigenvalue weighted by atomic mass is 9.98. The molecule has 1 saturated heterocycles. The number of carbonyl (C=O) groups excluding carboxylic acids is 2. The average Bonchev–Trinajstić information content (AvgIpc) is 3.54. The molecule has 1 aliphatic carbocycles. The Hall–Kier alpha value is -2.54. The summed E-state index contributed by atoms with van der Waals surface area (Å²) in [5.74, 6) is -0.0708. The second kappa shape index (κ2) is 8.91. The molecule has 6 nitrogen and oxygen atoms in total. The van der Waals surface area contributed by atoms with E-state index in [9.17, 15) is 14.0 Å². The highest BCUT2D eigenvalue weighted by atomic mass is 35.5. The van der Waals surface area contributed by atoms with Crippen LogP contribution in [-0.2, 0) is 11.2 Å². The Morgan fingerprint density at radius 2 is 2.10 bits per heavy atom. The Kier molecular flexibility index (Phi) is 6.23. The van der Waals surface area contributed by atoms with E-state index in [1.807, 2.05) is 26.0 Å². The number of anilines is 1. The van der Waals surface area contributed by atoms with Crippen molar-refractivity contribution in [2.45, 2.75) is 51.5 Å². The molecule has 0 unspecified atom stereocenters. The second-order valence-corrected chi connectivity index (χ2v) is 8.94. The number of nitrogens with zero attached hydrogens (tertiary/aromatic N) is 4. The highest BCUT2D eigenvalue weighted by molar-refractivity contribution is 6.30. The zero-order valence-corrected chi connectivity index (χ0v) is 18.5. The Bertz CT molecular complexity index is 997. The molecule has 0 aromatic carbocycles. The lowest BCUT2D eigenvalue weighted by Gasteiger charge is -2.26. The van der Waals surface area contributed by atoms with E-state index in [0.29, 0.717) is 5.92 Å². The third kappa shape index (κ3) is 4.71. The summed E-state index contributed by atoms with van der Waals surface area (Å²) >= 11 is 5.80. The standard InChI is InChI=1S/C23H26ClFN4O2/c1-3-14(2)21-13-29(22-20(25)9-17(24)11-27-22)23(31)28(21)12-19(30)10-18-8-16(6-7-26-18)15-4-5-15/h6-9,11,14-15,21H,3-5,10,12-13H2,1-2H3/t14-,21+/m0/s1. The van der Waals surface area contributed by atoms with E-state index in [1.165, 1.54) is 29.5 Å². The Balaban J connectivity index is 1.51. The van der Waals surface area contributed by atoms with Gasteiger partial charge in [0.15, 0.2) is 17.4 Å². The number of pyridine rings is 2. The van der Waals surface area contributed by atoms with Gasteiger partial charge in [0.1, 0.15) is 0 Å². The van der Waals surface area contributed by atoms with Crippen LogP contribution in [0.5, 0.6) is 0 Å². The number of halogens is 2. The first-order valence-electron chi connectivity index (χ1n) is 10.7. The molecule has 1 aliphatic heterocycles. The van der Waals surface area contributed by atoms with Gasteiger partial charge in [0.25, 0.3) is 0 Å². The molecular weight excluding hydrogens is 419 g/mol. The Labute approximate surface area is 186 Å². The summed E-state index contributed by atoms with van der Waals surface area (Å²) in [4.78, 5) is 37.2. The summed E-state index contributed by atoms with van der Waals surface area (Å²) in [7, 11) is 0. The minimum atomic E-state index is -0.655. The second-order valence-electron chi connectivity index (χ2n) is 8.50. The van der Waals surface area contributed by atoms with Crippen molar-refractivity contribution in [1.29, 1.82) is 0 Å². The van der Waals surface area contributed by atoms with E-state index in [-0.39, 0.29) is 48.1 Å². The van der Waals surface area contributed by atoms with Gasteiger partial charge in [0, 0.05) is 18.1 Å². The van der Waals surface area contributed by atoms with E-state index in [4.69, 9.17) is 11.6 Å². The first kappa shape index (κ1) is 21.7. The zero-order chi connectivity index (χ0) is 22.1. The summed E-state index contributed by atoms with van der Waals surface area (Å²) < 4.78 is 14.4. The number of aromatic nitrogens is 2. The van der Waals surface area contributed by atoms with Crippen LogP contribution in [0.3, 0.4) is 0 Å². The number of amides is 2. The smallest absolute Gasteiger partial charge is 0.312 e. The number of urea groups is 1. The molecule has 1 saturated carbocycles. The molecule has 2 atom stereocenters. The van der Waals surface area contributed by atoms with Crippen molar-refractivity contribution < 1.29 is 14.0 Å². The average molecular weight is 445 g/mol. The van der Waals surface area contributed by atoms with Gasteiger partial charge in [0.2, 0.25) is 0 Å². The number of rotatable bonds is 8. The number of hydrogen-bond acceptors (Lipinski definition) is 4. The van der Waals surface area contributed by atoms with Gasteiger partial charge in [-0.3, -0.25) is 14.7 Å². The van der Waals surface area contributed by atoms with E-state index >= 15 is 0 Å². The maximum Gasteiger partial charge on any atom is 0.326 e. The van der Waals surface area contributed by atoms with Crippen molar-refractivity contribution in [3.05, 3.63) is 52.7 Å². The van der Waals surface area contributed by atoms with Crippen LogP contribution in [0.1, 0.15) is 50.3 Å². The molecule has 4 rings (SSSR count). The topological polar surface area (TPSA) is 66.4 Å². The highest BCUT2D eigenvalue weighted by Gasteiger charge is 2.42. The molecule has 8 heteroatoms. The lowest BCUT2D eigenvalue weighted by Crippen LogP contribution is -2.42. The van der Waals surface area contributed by atoms with Crippen molar-refractivity contribution in [3.8, 4) is 0 Å². The third-order valence-corrected chi connectivity index (χ3v) is 6.41. The van der Waals surface area contributed by atoms with Gasteiger partial charge in [-0.25, -0.2) is 14.2 Å². The van der Waals surface area contributed by atoms with Gasteiger partial charge in [-0.1, -0.05) is 31.9 Å². The highest BCUT2D eigenvalue weighted by Crippen LogP contribution is 2.40. The minimum absolute atomic E-state index is 0.0329. The number of ketones is 1. The quantitative estimate of drug-likeness (QED) is 0.596. The monoisotopic (exact) mass is 444 g/mol. The molecule has 0 radical (unpaired) electrons. The van der Waals surface area contributed by atoms with Crippen LogP contribution in [0.25, 0.3) is 0 Å². The van der Waals surface area contributed by atoms with Crippen molar-refractivity contribution >= 4 is 29.2 Å². The molecule has 0 spiro atoms. The van der Waals surface area contributed by atoms with E-state index in [2.05, 4.69) is 9.97 Å². The van der Waals surface area contributed by atoms with Crippen LogP contribution in [0, 0.1) is 11.7 Å². The fourth-order valence-electron chi connectivity index (χ4n) is 4.10. The van der Waals surface area contributed by atoms with Gasteiger partial charge in [-0.2, -0.15) is 0 Å². The first-order chi connectivity index (χ1) is 14.9. The minimum Gasteiger partial charge on any atom is -0.312 e. The third-order valence-electron chi connectivity index (χ3n) is 6.21. The molecular formula is C23H26ClFN4O2. The van der Waals surface area contributed by atoms with Gasteiger partial charge < -0.3 is 4.90 Å². The summed E-state index contributed by atoms with van der Waals surface area (Å²) in [6, 6.07) is 4.52. The normalized spacial score (nSPS) is 19.7. The van der Waals surface area contributed by atoms with Crippen molar-refractivity contribution in [1.82, 2.24) is 14.9 Å². The molecule has 0 N–H and O–H groups in total. The predicted molar refractivity (Wildman–Crippen MR) is 117 cm³/mol. The molecule has 2 amide bonds. The molecule has 164 valence electrons. The molecule has 2 fully saturated rings. The summed E-state index contributed by atoms with van der Waals surface area (Å²) in [5.41, 5.74) is 1.95. The number of Topliss-reactive ketones (excluding diaryl/α,β-unsaturated/α-hetero) is 1. The molecule has 2 aromatic heterocycles. The maximum atomic E-state index is 14.4. The fourth-order valence-corrected chi connectivity index (χ4v) is 4.24. The van der Waals surface area contributed by atoms with E-state index in [1.54, 1.807) is 11.1 Å². The van der Waals surface area contributed by atoms with E-state index in [0.717, 1.165) is 18.2 Å². The summed E-state index contributed by atoms with van der Waals surface area (Å²) in [6.45, 7) is 4.31. The van der Waals surface area contributed by atoms with Gasteiger partial charge in [0.05, 0.1) is 30.6 Å². The molecule has 2 aromatic rings. The van der Waals surface area contributed by atoms with Crippen LogP contribution in [0.15, 0.2) is 30.6 Å². The van der Waals surface area contributed by atoms with Gasteiger partial charge in [-0.05, 0) is 48.4 Å². The summed E-state index contributed by atoms with van der Waals surface area (Å²) in [6.07, 6.45) is 6.43. The fraction of sp³-hybridized carbons (Fsp3) is 0.478. The van der Waals surface area contributed by atoms with Gasteiger partial charge in [-0.15, -0.1) is 0 Å². The van der Waals surface area contributed by atoms with Crippen molar-refractivity contribution in [2.75, 3.05) is 18.0 Å².